The zero-order valence-electron chi connectivity index (χ0n) is 15.3. The van der Waals surface area contributed by atoms with Crippen molar-refractivity contribution in [3.05, 3.63) is 77.9 Å². The lowest BCUT2D eigenvalue weighted by molar-refractivity contribution is 0.00874. The first-order valence-corrected chi connectivity index (χ1v) is 10.5. The van der Waals surface area contributed by atoms with Gasteiger partial charge in [-0.15, -0.1) is 0 Å². The third kappa shape index (κ3) is 5.74. The van der Waals surface area contributed by atoms with E-state index in [-0.39, 0.29) is 11.0 Å². The topological polar surface area (TPSA) is 75.6 Å². The highest BCUT2D eigenvalue weighted by molar-refractivity contribution is 7.89. The summed E-state index contributed by atoms with van der Waals surface area (Å²) in [5.74, 6) is 0. The molecule has 27 heavy (non-hydrogen) atoms. The van der Waals surface area contributed by atoms with E-state index in [1.54, 1.807) is 36.4 Å². The van der Waals surface area contributed by atoms with E-state index < -0.39 is 22.2 Å². The lowest BCUT2D eigenvalue weighted by Crippen LogP contribution is -2.36. The molecule has 0 aliphatic heterocycles. The largest absolute Gasteiger partial charge is 0.389 e. The van der Waals surface area contributed by atoms with E-state index in [4.69, 9.17) is 4.74 Å². The standard InChI is InChI=1S/C21H25NO4S/c1-16-7-11-21(12-8-16)27(24,25)22-18-9-10-19(23)14-20(13-18)26-15-17-5-3-2-4-6-17/h2-12,18-20,22-23H,13-15H2,1H3/t18-,19+,20+/m1/s1. The molecule has 3 atom stereocenters. The highest BCUT2D eigenvalue weighted by Gasteiger charge is 2.25. The van der Waals surface area contributed by atoms with Gasteiger partial charge in [0.15, 0.2) is 0 Å². The maximum atomic E-state index is 12.6. The van der Waals surface area contributed by atoms with Crippen molar-refractivity contribution >= 4 is 10.0 Å². The van der Waals surface area contributed by atoms with E-state index >= 15 is 0 Å². The number of sulfonamides is 1. The average Bonchev–Trinajstić information content (AvgIpc) is 2.82. The van der Waals surface area contributed by atoms with Gasteiger partial charge in [0.2, 0.25) is 10.0 Å². The van der Waals surface area contributed by atoms with E-state index in [1.165, 1.54) is 0 Å². The van der Waals surface area contributed by atoms with Gasteiger partial charge in [-0.05, 0) is 31.0 Å². The van der Waals surface area contributed by atoms with Crippen molar-refractivity contribution in [3.63, 3.8) is 0 Å². The van der Waals surface area contributed by atoms with Crippen LogP contribution in [0.5, 0.6) is 0 Å². The fourth-order valence-electron chi connectivity index (χ4n) is 3.06. The van der Waals surface area contributed by atoms with Gasteiger partial charge in [-0.3, -0.25) is 0 Å². The molecular formula is C21H25NO4S. The number of aliphatic hydroxyl groups excluding tert-OH is 1. The summed E-state index contributed by atoms with van der Waals surface area (Å²) in [6, 6.07) is 16.1. The first kappa shape index (κ1) is 19.8. The maximum absolute atomic E-state index is 12.6. The second kappa shape index (κ2) is 8.80. The van der Waals surface area contributed by atoms with Crippen LogP contribution in [0.25, 0.3) is 0 Å². The van der Waals surface area contributed by atoms with Crippen molar-refractivity contribution in [2.45, 2.75) is 49.5 Å². The molecular weight excluding hydrogens is 362 g/mol. The summed E-state index contributed by atoms with van der Waals surface area (Å²) in [6.45, 7) is 2.34. The smallest absolute Gasteiger partial charge is 0.241 e. The van der Waals surface area contributed by atoms with Crippen molar-refractivity contribution in [3.8, 4) is 0 Å². The van der Waals surface area contributed by atoms with Crippen LogP contribution in [0.2, 0.25) is 0 Å². The number of hydrogen-bond acceptors (Lipinski definition) is 4. The maximum Gasteiger partial charge on any atom is 0.241 e. The summed E-state index contributed by atoms with van der Waals surface area (Å²) < 4.78 is 34.0. The molecule has 2 N–H and O–H groups in total. The summed E-state index contributed by atoms with van der Waals surface area (Å²) >= 11 is 0. The third-order valence-electron chi connectivity index (χ3n) is 4.55. The third-order valence-corrected chi connectivity index (χ3v) is 6.06. The fourth-order valence-corrected chi connectivity index (χ4v) is 4.27. The number of rotatable bonds is 6. The minimum Gasteiger partial charge on any atom is -0.389 e. The molecule has 0 amide bonds. The number of aryl methyl sites for hydroxylation is 1. The van der Waals surface area contributed by atoms with Crippen LogP contribution in [-0.2, 0) is 21.4 Å². The van der Waals surface area contributed by atoms with Crippen molar-refractivity contribution < 1.29 is 18.3 Å². The SMILES string of the molecule is Cc1ccc(S(=O)(=O)N[C@@H]2C=C[C@H](O)C[C@@H](OCc3ccccc3)C2)cc1. The monoisotopic (exact) mass is 387 g/mol. The average molecular weight is 388 g/mol. The minimum atomic E-state index is -3.64. The molecule has 0 aromatic heterocycles. The molecule has 0 saturated heterocycles. The Morgan fingerprint density at radius 1 is 1.04 bits per heavy atom. The minimum absolute atomic E-state index is 0.230. The molecule has 2 aromatic rings. The Hall–Kier alpha value is -1.99. The van der Waals surface area contributed by atoms with Gasteiger partial charge in [0.25, 0.3) is 0 Å². The quantitative estimate of drug-likeness (QED) is 0.748. The van der Waals surface area contributed by atoms with Gasteiger partial charge in [-0.1, -0.05) is 60.2 Å². The molecule has 0 saturated carbocycles. The molecule has 0 spiro atoms. The van der Waals surface area contributed by atoms with E-state index in [0.29, 0.717) is 19.4 Å². The van der Waals surface area contributed by atoms with Crippen molar-refractivity contribution in [2.75, 3.05) is 0 Å². The van der Waals surface area contributed by atoms with Crippen LogP contribution in [-0.4, -0.2) is 31.8 Å². The Kier molecular flexibility index (Phi) is 6.44. The number of benzene rings is 2. The summed E-state index contributed by atoms with van der Waals surface area (Å²) in [4.78, 5) is 0.230. The van der Waals surface area contributed by atoms with Crippen LogP contribution in [0.15, 0.2) is 71.6 Å². The molecule has 0 fully saturated rings. The molecule has 0 unspecified atom stereocenters. The van der Waals surface area contributed by atoms with Crippen LogP contribution in [0.3, 0.4) is 0 Å². The lowest BCUT2D eigenvalue weighted by Gasteiger charge is -2.21. The van der Waals surface area contributed by atoms with Crippen LogP contribution < -0.4 is 4.72 Å². The molecule has 0 heterocycles. The Balaban J connectivity index is 1.66. The predicted octanol–water partition coefficient (Wildman–Crippen LogP) is 2.94. The van der Waals surface area contributed by atoms with Crippen LogP contribution in [0, 0.1) is 6.92 Å². The van der Waals surface area contributed by atoms with E-state index in [2.05, 4.69) is 4.72 Å². The molecule has 3 rings (SSSR count). The molecule has 0 radical (unpaired) electrons. The number of ether oxygens (including phenoxy) is 1. The zero-order chi connectivity index (χ0) is 19.3. The highest BCUT2D eigenvalue weighted by Crippen LogP contribution is 2.20. The van der Waals surface area contributed by atoms with Gasteiger partial charge in [0.05, 0.1) is 23.7 Å². The number of aliphatic hydroxyl groups is 1. The van der Waals surface area contributed by atoms with Gasteiger partial charge in [-0.2, -0.15) is 0 Å². The second-order valence-corrected chi connectivity index (χ2v) is 8.60. The van der Waals surface area contributed by atoms with Gasteiger partial charge >= 0.3 is 0 Å². The van der Waals surface area contributed by atoms with Crippen LogP contribution in [0.1, 0.15) is 24.0 Å². The predicted molar refractivity (Wildman–Crippen MR) is 105 cm³/mol. The molecule has 2 aromatic carbocycles. The van der Waals surface area contributed by atoms with Gasteiger partial charge < -0.3 is 9.84 Å². The Labute approximate surface area is 160 Å². The Morgan fingerprint density at radius 3 is 2.44 bits per heavy atom. The first-order valence-electron chi connectivity index (χ1n) is 9.03. The highest BCUT2D eigenvalue weighted by atomic mass is 32.2. The molecule has 0 bridgehead atoms. The molecule has 5 nitrogen and oxygen atoms in total. The summed E-state index contributed by atoms with van der Waals surface area (Å²) in [5.41, 5.74) is 2.04. The molecule has 6 heteroatoms. The number of nitrogens with one attached hydrogen (secondary N) is 1. The van der Waals surface area contributed by atoms with Crippen LogP contribution in [0.4, 0.5) is 0 Å². The Bertz CT molecular complexity index is 863. The first-order chi connectivity index (χ1) is 12.9. The lowest BCUT2D eigenvalue weighted by atomic mass is 10.1. The second-order valence-electron chi connectivity index (χ2n) is 6.88. The van der Waals surface area contributed by atoms with Crippen LogP contribution >= 0.6 is 0 Å². The van der Waals surface area contributed by atoms with Gasteiger partial charge in [0.1, 0.15) is 0 Å². The van der Waals surface area contributed by atoms with Crippen molar-refractivity contribution in [1.82, 2.24) is 4.72 Å². The van der Waals surface area contributed by atoms with Crippen molar-refractivity contribution in [1.29, 1.82) is 0 Å². The molecule has 1 aliphatic rings. The summed E-state index contributed by atoms with van der Waals surface area (Å²) in [5, 5.41) is 10.1. The number of hydrogen-bond donors (Lipinski definition) is 2. The van der Waals surface area contributed by atoms with Crippen molar-refractivity contribution in [2.24, 2.45) is 0 Å². The van der Waals surface area contributed by atoms with E-state index in [9.17, 15) is 13.5 Å². The summed E-state index contributed by atoms with van der Waals surface area (Å²) in [6.07, 6.45) is 3.34. The van der Waals surface area contributed by atoms with E-state index in [1.807, 2.05) is 37.3 Å². The molecule has 1 aliphatic carbocycles. The fraction of sp³-hybridized carbons (Fsp3) is 0.333. The zero-order valence-corrected chi connectivity index (χ0v) is 16.1. The van der Waals surface area contributed by atoms with Gasteiger partial charge in [0, 0.05) is 12.5 Å². The normalized spacial score (nSPS) is 23.1. The Morgan fingerprint density at radius 2 is 1.74 bits per heavy atom. The summed E-state index contributed by atoms with van der Waals surface area (Å²) in [7, 11) is -3.64. The van der Waals surface area contributed by atoms with Gasteiger partial charge in [-0.25, -0.2) is 13.1 Å². The van der Waals surface area contributed by atoms with E-state index in [0.717, 1.165) is 11.1 Å². The molecule has 144 valence electrons.